The third-order valence-corrected chi connectivity index (χ3v) is 9.98. The van der Waals surface area contributed by atoms with Crippen LogP contribution in [0.1, 0.15) is 61.3 Å². The number of ether oxygens (including phenoxy) is 7. The summed E-state index contributed by atoms with van der Waals surface area (Å²) in [6.07, 6.45) is 0.362. The van der Waals surface area contributed by atoms with Crippen molar-refractivity contribution in [3.63, 3.8) is 0 Å². The van der Waals surface area contributed by atoms with Crippen molar-refractivity contribution in [2.75, 3.05) is 20.8 Å². The monoisotopic (exact) mass is 698 g/mol. The number of ketones is 1. The Morgan fingerprint density at radius 3 is 2.20 bits per heavy atom. The predicted molar refractivity (Wildman–Crippen MR) is 178 cm³/mol. The maximum atomic E-state index is 13.1. The maximum absolute atomic E-state index is 13.1. The molecule has 2 fully saturated rings. The normalized spacial score (nSPS) is 45.7. The fraction of sp³-hybridized carbons (Fsp3) is 0.778. The van der Waals surface area contributed by atoms with E-state index in [-0.39, 0.29) is 30.6 Å². The van der Waals surface area contributed by atoms with Gasteiger partial charge in [-0.1, -0.05) is 45.1 Å². The van der Waals surface area contributed by atoms with Crippen LogP contribution in [0.3, 0.4) is 0 Å². The van der Waals surface area contributed by atoms with E-state index in [1.807, 2.05) is 20.8 Å². The largest absolute Gasteiger partial charge is 0.459 e. The zero-order valence-corrected chi connectivity index (χ0v) is 30.2. The molecule has 0 aromatic carbocycles. The Morgan fingerprint density at radius 1 is 0.898 bits per heavy atom. The van der Waals surface area contributed by atoms with Crippen molar-refractivity contribution >= 4 is 11.8 Å². The number of hydrogen-bond acceptors (Lipinski definition) is 13. The van der Waals surface area contributed by atoms with Gasteiger partial charge in [0.1, 0.15) is 36.1 Å². The molecule has 16 atom stereocenters. The van der Waals surface area contributed by atoms with E-state index in [1.165, 1.54) is 33.3 Å². The lowest BCUT2D eigenvalue weighted by atomic mass is 9.82. The second kappa shape index (κ2) is 18.5. The van der Waals surface area contributed by atoms with E-state index in [0.29, 0.717) is 6.42 Å². The Kier molecular flexibility index (Phi) is 15.6. The van der Waals surface area contributed by atoms with Crippen molar-refractivity contribution in [2.24, 2.45) is 23.7 Å². The van der Waals surface area contributed by atoms with Gasteiger partial charge in [0.25, 0.3) is 0 Å². The van der Waals surface area contributed by atoms with E-state index in [9.17, 15) is 30.0 Å². The van der Waals surface area contributed by atoms with Gasteiger partial charge in [0.2, 0.25) is 0 Å². The fourth-order valence-corrected chi connectivity index (χ4v) is 6.80. The zero-order valence-electron chi connectivity index (χ0n) is 30.2. The highest BCUT2D eigenvalue weighted by Gasteiger charge is 2.52. The molecule has 0 amide bonds. The Hall–Kier alpha value is -2.04. The summed E-state index contributed by atoms with van der Waals surface area (Å²) in [4.78, 5) is 26.2. The summed E-state index contributed by atoms with van der Waals surface area (Å²) in [6.45, 7) is 12.2. The smallest absolute Gasteiger partial charge is 0.330 e. The van der Waals surface area contributed by atoms with Gasteiger partial charge < -0.3 is 53.6 Å². The molecule has 0 bridgehead atoms. The van der Waals surface area contributed by atoms with E-state index in [2.05, 4.69) is 0 Å². The summed E-state index contributed by atoms with van der Waals surface area (Å²) < 4.78 is 41.0. The number of esters is 1. The molecule has 49 heavy (non-hydrogen) atoms. The molecule has 0 radical (unpaired) electrons. The van der Waals surface area contributed by atoms with Crippen LogP contribution in [0, 0.1) is 23.7 Å². The van der Waals surface area contributed by atoms with Gasteiger partial charge in [-0.2, -0.15) is 0 Å². The van der Waals surface area contributed by atoms with Crippen molar-refractivity contribution in [3.05, 3.63) is 36.5 Å². The second-order valence-electron chi connectivity index (χ2n) is 14.0. The SMILES string of the molecule is CO[C@@H]1[C@H](O)[C@@H](C)O[C@@H](OCC2/C=C/C=C/C(=O)[C@H](C)C[C@H](C)[C@H](OC3OC(C)C[C@](O)([C@H](C)O)[C@H]3O)[C@@H](C)/C=C/C(=O)O[C@@H]2C)[C@@H]1OC. The maximum Gasteiger partial charge on any atom is 0.330 e. The van der Waals surface area contributed by atoms with Crippen LogP contribution in [0.15, 0.2) is 36.5 Å². The Morgan fingerprint density at radius 2 is 1.57 bits per heavy atom. The Bertz CT molecular complexity index is 1160. The van der Waals surface area contributed by atoms with Gasteiger partial charge in [-0.25, -0.2) is 4.79 Å². The standard InChI is InChI=1S/C36H58O13/c1-19-14-15-28(39)47-23(5)26(18-45-34-32(44-9)31(43-8)29(40)24(6)48-34)12-10-11-13-27(38)20(2)16-21(3)30(19)49-35-33(41)36(42,25(7)37)17-22(4)46-35/h10-15,19-26,29-35,37,40-42H,16-18H2,1-9H3/b12-10+,13-11+,15-14+/t19-,20+,21-,22?,23+,24+,25-,26?,29+,30+,31+,32+,33-,34+,35?,36-/m0/s1. The number of allylic oxidation sites excluding steroid dienone is 3. The predicted octanol–water partition coefficient (Wildman–Crippen LogP) is 2.23. The Balaban J connectivity index is 1.83. The number of aliphatic hydroxyl groups excluding tert-OH is 3. The number of cyclic esters (lactones) is 1. The fourth-order valence-electron chi connectivity index (χ4n) is 6.80. The molecule has 0 aromatic heterocycles. The molecular formula is C36H58O13. The molecule has 0 aromatic rings. The molecule has 3 aliphatic heterocycles. The lowest BCUT2D eigenvalue weighted by Crippen LogP contribution is -2.63. The first kappa shape index (κ1) is 41.4. The van der Waals surface area contributed by atoms with Crippen LogP contribution < -0.4 is 0 Å². The highest BCUT2D eigenvalue weighted by molar-refractivity contribution is 5.91. The molecule has 3 heterocycles. The molecule has 0 aliphatic carbocycles. The molecule has 13 heteroatoms. The van der Waals surface area contributed by atoms with Gasteiger partial charge >= 0.3 is 5.97 Å². The summed E-state index contributed by atoms with van der Waals surface area (Å²) >= 11 is 0. The van der Waals surface area contributed by atoms with E-state index >= 15 is 0 Å². The van der Waals surface area contributed by atoms with Crippen molar-refractivity contribution in [2.45, 2.75) is 134 Å². The van der Waals surface area contributed by atoms with Gasteiger partial charge in [0, 0.05) is 44.5 Å². The minimum Gasteiger partial charge on any atom is -0.459 e. The molecule has 280 valence electrons. The van der Waals surface area contributed by atoms with Crippen molar-refractivity contribution in [1.82, 2.24) is 0 Å². The van der Waals surface area contributed by atoms with Gasteiger partial charge in [0.05, 0.1) is 31.0 Å². The van der Waals surface area contributed by atoms with E-state index in [1.54, 1.807) is 45.1 Å². The van der Waals surface area contributed by atoms with Gasteiger partial charge in [-0.05, 0) is 46.1 Å². The minimum absolute atomic E-state index is 0.0142. The number of methoxy groups -OCH3 is 2. The average molecular weight is 699 g/mol. The molecular weight excluding hydrogens is 640 g/mol. The van der Waals surface area contributed by atoms with Crippen LogP contribution >= 0.6 is 0 Å². The molecule has 4 N–H and O–H groups in total. The molecule has 0 saturated carbocycles. The van der Waals surface area contributed by atoms with Crippen LogP contribution in [-0.4, -0.2) is 126 Å². The first-order valence-corrected chi connectivity index (χ1v) is 17.2. The number of carbonyl (C=O) groups excluding carboxylic acids is 2. The van der Waals surface area contributed by atoms with E-state index < -0.39 is 90.9 Å². The number of aliphatic hydroxyl groups is 4. The van der Waals surface area contributed by atoms with Crippen molar-refractivity contribution in [1.29, 1.82) is 0 Å². The highest BCUT2D eigenvalue weighted by atomic mass is 16.7. The van der Waals surface area contributed by atoms with Crippen LogP contribution in [0.2, 0.25) is 0 Å². The number of hydrogen-bond donors (Lipinski definition) is 4. The van der Waals surface area contributed by atoms with Crippen molar-refractivity contribution < 1.29 is 63.2 Å². The summed E-state index contributed by atoms with van der Waals surface area (Å²) in [5, 5.41) is 42.9. The van der Waals surface area contributed by atoms with E-state index in [4.69, 9.17) is 33.2 Å². The highest BCUT2D eigenvalue weighted by Crippen LogP contribution is 2.36. The third-order valence-electron chi connectivity index (χ3n) is 9.98. The molecule has 13 nitrogen and oxygen atoms in total. The summed E-state index contributed by atoms with van der Waals surface area (Å²) in [7, 11) is 2.95. The van der Waals surface area contributed by atoms with Crippen LogP contribution in [-0.2, 0) is 42.7 Å². The average Bonchev–Trinajstić information content (AvgIpc) is 3.04. The van der Waals surface area contributed by atoms with E-state index in [0.717, 1.165) is 0 Å². The number of rotatable bonds is 8. The van der Waals surface area contributed by atoms with Gasteiger partial charge in [0.15, 0.2) is 18.4 Å². The lowest BCUT2D eigenvalue weighted by molar-refractivity contribution is -0.322. The molecule has 3 rings (SSSR count). The summed E-state index contributed by atoms with van der Waals surface area (Å²) in [5.41, 5.74) is -1.84. The number of carbonyl (C=O) groups is 2. The zero-order chi connectivity index (χ0) is 36.6. The minimum atomic E-state index is -1.84. The first-order valence-electron chi connectivity index (χ1n) is 17.2. The quantitative estimate of drug-likeness (QED) is 0.272. The second-order valence-corrected chi connectivity index (χ2v) is 14.0. The third kappa shape index (κ3) is 10.5. The lowest BCUT2D eigenvalue weighted by Gasteiger charge is -2.47. The Labute approximate surface area is 290 Å². The van der Waals surface area contributed by atoms with Crippen LogP contribution in [0.5, 0.6) is 0 Å². The molecule has 2 saturated heterocycles. The first-order chi connectivity index (χ1) is 23.0. The van der Waals surface area contributed by atoms with Crippen LogP contribution in [0.25, 0.3) is 0 Å². The van der Waals surface area contributed by atoms with Crippen LogP contribution in [0.4, 0.5) is 0 Å². The molecule has 3 aliphatic rings. The molecule has 0 spiro atoms. The summed E-state index contributed by atoms with van der Waals surface area (Å²) in [5.74, 6) is -2.21. The van der Waals surface area contributed by atoms with Gasteiger partial charge in [-0.3, -0.25) is 4.79 Å². The molecule has 3 unspecified atom stereocenters. The topological polar surface area (TPSA) is 180 Å². The van der Waals surface area contributed by atoms with Gasteiger partial charge in [-0.15, -0.1) is 0 Å². The summed E-state index contributed by atoms with van der Waals surface area (Å²) in [6, 6.07) is 0. The van der Waals surface area contributed by atoms with Crippen molar-refractivity contribution in [3.8, 4) is 0 Å².